The van der Waals surface area contributed by atoms with Gasteiger partial charge in [-0.3, -0.25) is 9.36 Å². The quantitative estimate of drug-likeness (QED) is 0.788. The highest BCUT2D eigenvalue weighted by molar-refractivity contribution is 7.16. The van der Waals surface area contributed by atoms with Crippen molar-refractivity contribution < 1.29 is 14.3 Å². The number of fused-ring (bicyclic) bond motifs is 1. The molecular formula is C12H8N2O4S. The van der Waals surface area contributed by atoms with Crippen LogP contribution in [0.2, 0.25) is 0 Å². The van der Waals surface area contributed by atoms with Crippen molar-refractivity contribution in [3.05, 3.63) is 51.8 Å². The van der Waals surface area contributed by atoms with Gasteiger partial charge in [0.25, 0.3) is 5.56 Å². The molecule has 0 spiro atoms. The van der Waals surface area contributed by atoms with E-state index in [-0.39, 0.29) is 23.4 Å². The van der Waals surface area contributed by atoms with Crippen molar-refractivity contribution in [2.45, 2.75) is 6.54 Å². The van der Waals surface area contributed by atoms with Crippen molar-refractivity contribution >= 4 is 27.5 Å². The van der Waals surface area contributed by atoms with Crippen molar-refractivity contribution in [2.75, 3.05) is 0 Å². The molecule has 0 unspecified atom stereocenters. The highest BCUT2D eigenvalue weighted by atomic mass is 32.1. The maximum Gasteiger partial charge on any atom is 0.339 e. The van der Waals surface area contributed by atoms with Crippen LogP contribution >= 0.6 is 11.3 Å². The van der Waals surface area contributed by atoms with Crippen LogP contribution in [0.25, 0.3) is 10.2 Å². The molecule has 0 bridgehead atoms. The van der Waals surface area contributed by atoms with Crippen LogP contribution in [0.4, 0.5) is 0 Å². The molecule has 0 aliphatic heterocycles. The molecule has 0 aromatic carbocycles. The second-order valence-corrected chi connectivity index (χ2v) is 4.77. The van der Waals surface area contributed by atoms with Crippen molar-refractivity contribution in [1.29, 1.82) is 0 Å². The molecule has 3 aromatic rings. The number of aromatic carboxylic acids is 1. The molecule has 3 aromatic heterocycles. The van der Waals surface area contributed by atoms with Crippen LogP contribution in [0.3, 0.4) is 0 Å². The minimum atomic E-state index is -1.08. The van der Waals surface area contributed by atoms with Crippen LogP contribution in [-0.2, 0) is 6.54 Å². The molecule has 6 nitrogen and oxygen atoms in total. The Morgan fingerprint density at radius 2 is 2.32 bits per heavy atom. The molecule has 3 heterocycles. The van der Waals surface area contributed by atoms with Gasteiger partial charge in [0.1, 0.15) is 16.2 Å². The van der Waals surface area contributed by atoms with E-state index in [9.17, 15) is 9.59 Å². The summed E-state index contributed by atoms with van der Waals surface area (Å²) in [5.74, 6) is -0.854. The molecule has 0 aliphatic rings. The maximum atomic E-state index is 12.1. The van der Waals surface area contributed by atoms with Gasteiger partial charge in [-0.2, -0.15) is 0 Å². The standard InChI is InChI=1S/C12H8N2O4S/c15-11-8-2-4-19-10(8)13-6-14(11)5-9-7(12(16)17)1-3-18-9/h1-4,6H,5H2,(H,16,17). The zero-order valence-electron chi connectivity index (χ0n) is 9.57. The Kier molecular flexibility index (Phi) is 2.68. The first-order chi connectivity index (χ1) is 9.16. The number of nitrogens with zero attached hydrogens (tertiary/aromatic N) is 2. The molecule has 0 aliphatic carbocycles. The summed E-state index contributed by atoms with van der Waals surface area (Å²) in [6.07, 6.45) is 2.69. The number of rotatable bonds is 3. The largest absolute Gasteiger partial charge is 0.478 e. The molecule has 0 fully saturated rings. The first kappa shape index (κ1) is 11.7. The van der Waals surface area contributed by atoms with Crippen molar-refractivity contribution in [3.8, 4) is 0 Å². The molecule has 3 rings (SSSR count). The van der Waals surface area contributed by atoms with E-state index in [4.69, 9.17) is 9.52 Å². The zero-order valence-corrected chi connectivity index (χ0v) is 10.4. The van der Waals surface area contributed by atoms with Crippen molar-refractivity contribution in [3.63, 3.8) is 0 Å². The fourth-order valence-corrected chi connectivity index (χ4v) is 2.54. The Labute approximate surface area is 110 Å². The first-order valence-electron chi connectivity index (χ1n) is 5.39. The number of thiophene rings is 1. The van der Waals surface area contributed by atoms with Gasteiger partial charge < -0.3 is 9.52 Å². The van der Waals surface area contributed by atoms with E-state index in [2.05, 4.69) is 4.98 Å². The Hall–Kier alpha value is -2.41. The predicted octanol–water partition coefficient (Wildman–Crippen LogP) is 1.80. The first-order valence-corrected chi connectivity index (χ1v) is 6.27. The molecule has 0 atom stereocenters. The van der Waals surface area contributed by atoms with Crippen molar-refractivity contribution in [2.24, 2.45) is 0 Å². The maximum absolute atomic E-state index is 12.1. The van der Waals surface area contributed by atoms with Gasteiger partial charge in [0.05, 0.1) is 24.5 Å². The lowest BCUT2D eigenvalue weighted by atomic mass is 10.2. The Balaban J connectivity index is 2.06. The van der Waals surface area contributed by atoms with Gasteiger partial charge in [0.15, 0.2) is 0 Å². The van der Waals surface area contributed by atoms with Gasteiger partial charge in [0, 0.05) is 0 Å². The van der Waals surface area contributed by atoms with Gasteiger partial charge >= 0.3 is 5.97 Å². The highest BCUT2D eigenvalue weighted by Gasteiger charge is 2.15. The average molecular weight is 276 g/mol. The summed E-state index contributed by atoms with van der Waals surface area (Å²) in [5.41, 5.74) is -0.156. The smallest absolute Gasteiger partial charge is 0.339 e. The molecule has 0 saturated carbocycles. The number of carboxylic acids is 1. The number of carboxylic acid groups (broad SMARTS) is 1. The molecule has 1 N–H and O–H groups in total. The SMILES string of the molecule is O=C(O)c1ccoc1Cn1cnc2sccc2c1=O. The van der Waals surface area contributed by atoms with E-state index in [1.54, 1.807) is 11.4 Å². The second kappa shape index (κ2) is 4.36. The van der Waals surface area contributed by atoms with E-state index < -0.39 is 5.97 Å². The van der Waals surface area contributed by atoms with Gasteiger partial charge in [-0.25, -0.2) is 9.78 Å². The van der Waals surface area contributed by atoms with Gasteiger partial charge in [-0.15, -0.1) is 11.3 Å². The van der Waals surface area contributed by atoms with E-state index in [1.165, 1.54) is 34.6 Å². The van der Waals surface area contributed by atoms with Gasteiger partial charge in [-0.05, 0) is 17.5 Å². The van der Waals surface area contributed by atoms with E-state index >= 15 is 0 Å². The summed E-state index contributed by atoms with van der Waals surface area (Å²) in [6.45, 7) is 0.0479. The lowest BCUT2D eigenvalue weighted by Crippen LogP contribution is -2.21. The number of hydrogen-bond donors (Lipinski definition) is 1. The van der Waals surface area contributed by atoms with Gasteiger partial charge in [0.2, 0.25) is 0 Å². The molecule has 0 amide bonds. The Morgan fingerprint density at radius 1 is 1.47 bits per heavy atom. The van der Waals surface area contributed by atoms with Crippen LogP contribution in [0.5, 0.6) is 0 Å². The molecule has 96 valence electrons. The van der Waals surface area contributed by atoms with Crippen LogP contribution in [0.1, 0.15) is 16.1 Å². The Bertz CT molecular complexity index is 814. The van der Waals surface area contributed by atoms with Crippen LogP contribution < -0.4 is 5.56 Å². The summed E-state index contributed by atoms with van der Waals surface area (Å²) in [7, 11) is 0. The Morgan fingerprint density at radius 3 is 3.11 bits per heavy atom. The third kappa shape index (κ3) is 1.93. The monoisotopic (exact) mass is 276 g/mol. The summed E-state index contributed by atoms with van der Waals surface area (Å²) >= 11 is 1.38. The van der Waals surface area contributed by atoms with E-state index in [1.807, 2.05) is 0 Å². The number of carbonyl (C=O) groups is 1. The van der Waals surface area contributed by atoms with Crippen LogP contribution in [-0.4, -0.2) is 20.6 Å². The summed E-state index contributed by atoms with van der Waals surface area (Å²) in [5, 5.41) is 11.3. The summed E-state index contributed by atoms with van der Waals surface area (Å²) in [6, 6.07) is 3.06. The average Bonchev–Trinajstić information content (AvgIpc) is 3.01. The molecular weight excluding hydrogens is 268 g/mol. The number of hydrogen-bond acceptors (Lipinski definition) is 5. The third-order valence-electron chi connectivity index (χ3n) is 2.74. The molecule has 7 heteroatoms. The molecule has 0 radical (unpaired) electrons. The number of furan rings is 1. The van der Waals surface area contributed by atoms with Crippen LogP contribution in [0.15, 0.2) is 39.3 Å². The molecule has 0 saturated heterocycles. The lowest BCUT2D eigenvalue weighted by Gasteiger charge is -2.03. The highest BCUT2D eigenvalue weighted by Crippen LogP contribution is 2.15. The fraction of sp³-hybridized carbons (Fsp3) is 0.0833. The summed E-state index contributed by atoms with van der Waals surface area (Å²) < 4.78 is 6.45. The third-order valence-corrected chi connectivity index (χ3v) is 3.56. The topological polar surface area (TPSA) is 85.3 Å². The minimum Gasteiger partial charge on any atom is -0.478 e. The molecule has 19 heavy (non-hydrogen) atoms. The van der Waals surface area contributed by atoms with E-state index in [0.717, 1.165) is 0 Å². The van der Waals surface area contributed by atoms with E-state index in [0.29, 0.717) is 10.2 Å². The second-order valence-electron chi connectivity index (χ2n) is 3.88. The van der Waals surface area contributed by atoms with Gasteiger partial charge in [-0.1, -0.05) is 0 Å². The van der Waals surface area contributed by atoms with Crippen LogP contribution in [0, 0.1) is 0 Å². The normalized spacial score (nSPS) is 10.9. The zero-order chi connectivity index (χ0) is 13.4. The van der Waals surface area contributed by atoms with Crippen molar-refractivity contribution in [1.82, 2.24) is 9.55 Å². The summed E-state index contributed by atoms with van der Waals surface area (Å²) in [4.78, 5) is 27.9. The fourth-order valence-electron chi connectivity index (χ4n) is 1.81. The number of aromatic nitrogens is 2. The minimum absolute atomic E-state index is 0.0479. The lowest BCUT2D eigenvalue weighted by molar-refractivity contribution is 0.0694. The predicted molar refractivity (Wildman–Crippen MR) is 68.6 cm³/mol.